The van der Waals surface area contributed by atoms with Crippen molar-refractivity contribution in [1.82, 2.24) is 0 Å². The van der Waals surface area contributed by atoms with Gasteiger partial charge in [-0.3, -0.25) is 0 Å². The van der Waals surface area contributed by atoms with E-state index in [0.29, 0.717) is 0 Å². The number of benzene rings is 1. The van der Waals surface area contributed by atoms with E-state index in [9.17, 15) is 0 Å². The molecule has 0 unspecified atom stereocenters. The highest BCUT2D eigenvalue weighted by atomic mass is 79.9. The summed E-state index contributed by atoms with van der Waals surface area (Å²) >= 11 is 5.02. The van der Waals surface area contributed by atoms with Gasteiger partial charge in [-0.1, -0.05) is 41.7 Å². The number of hydrogen-bond acceptors (Lipinski definition) is 2. The molecule has 1 nitrogen and oxygen atoms in total. The van der Waals surface area contributed by atoms with Crippen molar-refractivity contribution in [3.63, 3.8) is 0 Å². The summed E-state index contributed by atoms with van der Waals surface area (Å²) in [7, 11) is 0. The Kier molecular flexibility index (Phi) is 7.19. The highest BCUT2D eigenvalue weighted by molar-refractivity contribution is 9.10. The van der Waals surface area contributed by atoms with Gasteiger partial charge in [0.1, 0.15) is 0 Å². The predicted octanol–water partition coefficient (Wildman–Crippen LogP) is 4.47. The van der Waals surface area contributed by atoms with Crippen LogP contribution in [0.3, 0.4) is 0 Å². The largest absolute Gasteiger partial charge is 0.330 e. The van der Waals surface area contributed by atoms with Crippen LogP contribution in [0.15, 0.2) is 22.7 Å². The Morgan fingerprint density at radius 1 is 1.31 bits per heavy atom. The molecule has 1 aromatic rings. The molecule has 0 aliphatic carbocycles. The molecular formula is C10H16BrNS. The van der Waals surface area contributed by atoms with Crippen molar-refractivity contribution in [3.8, 4) is 0 Å². The number of aryl methyl sites for hydroxylation is 1. The molecule has 0 heterocycles. The van der Waals surface area contributed by atoms with Gasteiger partial charge in [-0.2, -0.15) is 0 Å². The highest BCUT2D eigenvalue weighted by Crippen LogP contribution is 2.21. The first kappa shape index (κ1) is 12.8. The third kappa shape index (κ3) is 4.58. The maximum atomic E-state index is 3.41. The van der Waals surface area contributed by atoms with Crippen LogP contribution >= 0.6 is 27.9 Å². The summed E-state index contributed by atoms with van der Waals surface area (Å²) in [6.07, 6.45) is 2.02. The van der Waals surface area contributed by atoms with Crippen molar-refractivity contribution < 1.29 is 0 Å². The van der Waals surface area contributed by atoms with Gasteiger partial charge in [-0.15, -0.1) is 0 Å². The minimum Gasteiger partial charge on any atom is -0.330 e. The van der Waals surface area contributed by atoms with Crippen LogP contribution < -0.4 is 4.72 Å². The maximum Gasteiger partial charge on any atom is 0.0470 e. The van der Waals surface area contributed by atoms with Gasteiger partial charge in [-0.05, 0) is 30.7 Å². The number of nitrogens with one attached hydrogen (secondary N) is 1. The Bertz CT molecular complexity index is 251. The Morgan fingerprint density at radius 2 is 1.92 bits per heavy atom. The van der Waals surface area contributed by atoms with E-state index in [4.69, 9.17) is 0 Å². The molecule has 0 fully saturated rings. The van der Waals surface area contributed by atoms with Crippen molar-refractivity contribution in [1.29, 1.82) is 0 Å². The van der Waals surface area contributed by atoms with Crippen LogP contribution in [0.2, 0.25) is 0 Å². The molecule has 0 aromatic heterocycles. The number of rotatable bonds is 2. The average Bonchev–Trinajstić information content (AvgIpc) is 2.14. The molecular weight excluding hydrogens is 246 g/mol. The fourth-order valence-electron chi connectivity index (χ4n) is 0.852. The highest BCUT2D eigenvalue weighted by Gasteiger charge is 1.95. The second-order valence-corrected chi connectivity index (χ2v) is 3.79. The number of hydrogen-bond donors (Lipinski definition) is 1. The Balaban J connectivity index is 0.000000671. The first-order valence-corrected chi connectivity index (χ1v) is 6.31. The normalized spacial score (nSPS) is 8.69. The van der Waals surface area contributed by atoms with E-state index in [2.05, 4.69) is 39.7 Å². The molecule has 0 bridgehead atoms. The fraction of sp³-hybridized carbons (Fsp3) is 0.400. The van der Waals surface area contributed by atoms with Crippen molar-refractivity contribution >= 4 is 33.6 Å². The third-order valence-electron chi connectivity index (χ3n) is 1.40. The molecule has 0 radical (unpaired) electrons. The van der Waals surface area contributed by atoms with Crippen molar-refractivity contribution in [2.24, 2.45) is 0 Å². The lowest BCUT2D eigenvalue weighted by molar-refractivity contribution is 1.45. The molecule has 0 spiro atoms. The molecule has 1 rings (SSSR count). The van der Waals surface area contributed by atoms with E-state index in [0.717, 1.165) is 4.47 Å². The zero-order valence-corrected chi connectivity index (χ0v) is 10.9. The molecule has 74 valence electrons. The number of halogens is 1. The van der Waals surface area contributed by atoms with Crippen LogP contribution in [0, 0.1) is 6.92 Å². The second-order valence-electron chi connectivity index (χ2n) is 2.27. The van der Waals surface area contributed by atoms with Gasteiger partial charge in [0, 0.05) is 16.4 Å². The Morgan fingerprint density at radius 3 is 2.38 bits per heavy atom. The topological polar surface area (TPSA) is 12.0 Å². The van der Waals surface area contributed by atoms with Gasteiger partial charge in [0.15, 0.2) is 0 Å². The molecule has 13 heavy (non-hydrogen) atoms. The SMILES string of the molecule is CC.CSNc1ccc(Br)cc1C. The van der Waals surface area contributed by atoms with Crippen molar-refractivity contribution in [2.75, 3.05) is 11.0 Å². The van der Waals surface area contributed by atoms with E-state index >= 15 is 0 Å². The molecule has 0 amide bonds. The molecule has 1 aromatic carbocycles. The van der Waals surface area contributed by atoms with Gasteiger partial charge in [-0.25, -0.2) is 0 Å². The third-order valence-corrected chi connectivity index (χ3v) is 2.32. The summed E-state index contributed by atoms with van der Waals surface area (Å²) in [6, 6.07) is 6.19. The molecule has 0 atom stereocenters. The number of anilines is 1. The van der Waals surface area contributed by atoms with Gasteiger partial charge < -0.3 is 4.72 Å². The Hall–Kier alpha value is -0.150. The monoisotopic (exact) mass is 261 g/mol. The molecule has 0 saturated heterocycles. The molecule has 0 aliphatic rings. The van der Waals surface area contributed by atoms with E-state index < -0.39 is 0 Å². The van der Waals surface area contributed by atoms with E-state index in [-0.39, 0.29) is 0 Å². The smallest absolute Gasteiger partial charge is 0.0470 e. The summed E-state index contributed by atoms with van der Waals surface area (Å²) in [5.41, 5.74) is 2.44. The van der Waals surface area contributed by atoms with Crippen LogP contribution in [0.4, 0.5) is 5.69 Å². The summed E-state index contributed by atoms with van der Waals surface area (Å²) in [5.74, 6) is 0. The van der Waals surface area contributed by atoms with Crippen LogP contribution in [-0.2, 0) is 0 Å². The summed E-state index contributed by atoms with van der Waals surface area (Å²) in [4.78, 5) is 0. The van der Waals surface area contributed by atoms with Crippen molar-refractivity contribution in [2.45, 2.75) is 20.8 Å². The van der Waals surface area contributed by atoms with Gasteiger partial charge in [0.2, 0.25) is 0 Å². The lowest BCUT2D eigenvalue weighted by Crippen LogP contribution is -1.87. The average molecular weight is 262 g/mol. The quantitative estimate of drug-likeness (QED) is 0.789. The van der Waals surface area contributed by atoms with Gasteiger partial charge >= 0.3 is 0 Å². The van der Waals surface area contributed by atoms with E-state index in [1.165, 1.54) is 11.3 Å². The van der Waals surface area contributed by atoms with Gasteiger partial charge in [0.05, 0.1) is 0 Å². The van der Waals surface area contributed by atoms with Crippen molar-refractivity contribution in [3.05, 3.63) is 28.2 Å². The van der Waals surface area contributed by atoms with Crippen LogP contribution in [-0.4, -0.2) is 6.26 Å². The van der Waals surface area contributed by atoms with Gasteiger partial charge in [0.25, 0.3) is 0 Å². The summed E-state index contributed by atoms with van der Waals surface area (Å²) < 4.78 is 4.33. The first-order valence-electron chi connectivity index (χ1n) is 4.29. The lowest BCUT2D eigenvalue weighted by Gasteiger charge is -2.05. The van der Waals surface area contributed by atoms with Crippen LogP contribution in [0.5, 0.6) is 0 Å². The predicted molar refractivity (Wildman–Crippen MR) is 67.4 cm³/mol. The zero-order chi connectivity index (χ0) is 10.3. The zero-order valence-electron chi connectivity index (χ0n) is 8.52. The summed E-state index contributed by atoms with van der Waals surface area (Å²) in [5, 5.41) is 0. The van der Waals surface area contributed by atoms with E-state index in [1.807, 2.05) is 26.2 Å². The second kappa shape index (κ2) is 7.27. The van der Waals surface area contributed by atoms with E-state index in [1.54, 1.807) is 11.9 Å². The Labute approximate surface area is 93.6 Å². The minimum atomic E-state index is 1.13. The minimum absolute atomic E-state index is 1.13. The van der Waals surface area contributed by atoms with Crippen LogP contribution in [0.25, 0.3) is 0 Å². The lowest BCUT2D eigenvalue weighted by atomic mass is 10.2. The maximum absolute atomic E-state index is 3.41. The molecule has 0 aliphatic heterocycles. The van der Waals surface area contributed by atoms with Crippen LogP contribution in [0.1, 0.15) is 19.4 Å². The first-order chi connectivity index (χ1) is 6.24. The molecule has 0 saturated carbocycles. The summed E-state index contributed by atoms with van der Waals surface area (Å²) in [6.45, 7) is 6.09. The fourth-order valence-corrected chi connectivity index (χ4v) is 1.78. The molecule has 3 heteroatoms. The molecule has 1 N–H and O–H groups in total. The standard InChI is InChI=1S/C8H10BrNS.C2H6/c1-6-5-7(9)3-4-8(6)10-11-2;1-2/h3-5,10H,1-2H3;1-2H3.